The number of piperazine rings is 1. The Morgan fingerprint density at radius 2 is 2.26 bits per heavy atom. The summed E-state index contributed by atoms with van der Waals surface area (Å²) >= 11 is 3.41. The second kappa shape index (κ2) is 6.02. The number of likely N-dealkylation sites (N-methyl/N-ethyl adjacent to an activating group) is 1. The van der Waals surface area contributed by atoms with E-state index in [1.165, 1.54) is 4.68 Å². The van der Waals surface area contributed by atoms with E-state index < -0.39 is 0 Å². The van der Waals surface area contributed by atoms with Gasteiger partial charge >= 0.3 is 0 Å². The number of rotatable bonds is 3. The van der Waals surface area contributed by atoms with Gasteiger partial charge in [-0.1, -0.05) is 0 Å². The Morgan fingerprint density at radius 1 is 1.53 bits per heavy atom. The smallest absolute Gasteiger partial charge is 0.283 e. The molecule has 0 aromatic carbocycles. The zero-order valence-electron chi connectivity index (χ0n) is 11.3. The van der Waals surface area contributed by atoms with Crippen molar-refractivity contribution in [3.8, 4) is 0 Å². The summed E-state index contributed by atoms with van der Waals surface area (Å²) in [6.45, 7) is 5.75. The maximum Gasteiger partial charge on any atom is 0.283 e. The first-order chi connectivity index (χ1) is 9.08. The summed E-state index contributed by atoms with van der Waals surface area (Å²) in [4.78, 5) is 16.5. The zero-order chi connectivity index (χ0) is 14.0. The summed E-state index contributed by atoms with van der Waals surface area (Å²) in [6, 6.07) is 0.216. The van der Waals surface area contributed by atoms with Gasteiger partial charge in [0.2, 0.25) is 0 Å². The van der Waals surface area contributed by atoms with Crippen LogP contribution in [0, 0.1) is 0 Å². The monoisotopic (exact) mass is 329 g/mol. The van der Waals surface area contributed by atoms with Gasteiger partial charge in [-0.25, -0.2) is 4.68 Å². The molecule has 1 fully saturated rings. The first-order valence-electron chi connectivity index (χ1n) is 6.49. The number of aromatic nitrogens is 2. The molecule has 2 heterocycles. The molecule has 1 aromatic heterocycles. The van der Waals surface area contributed by atoms with Crippen molar-refractivity contribution >= 4 is 21.6 Å². The molecule has 0 amide bonds. The summed E-state index contributed by atoms with van der Waals surface area (Å²) in [5, 5.41) is 4.20. The van der Waals surface area contributed by atoms with Gasteiger partial charge in [-0.15, -0.1) is 0 Å². The van der Waals surface area contributed by atoms with Gasteiger partial charge in [0.05, 0.1) is 17.9 Å². The summed E-state index contributed by atoms with van der Waals surface area (Å²) in [6.07, 6.45) is 1.75. The van der Waals surface area contributed by atoms with E-state index >= 15 is 0 Å². The van der Waals surface area contributed by atoms with Gasteiger partial charge in [-0.2, -0.15) is 5.10 Å². The Bertz CT molecular complexity index is 503. The van der Waals surface area contributed by atoms with Crippen LogP contribution in [-0.2, 0) is 6.54 Å². The third-order valence-corrected chi connectivity index (χ3v) is 4.28. The van der Waals surface area contributed by atoms with Crippen molar-refractivity contribution < 1.29 is 0 Å². The van der Waals surface area contributed by atoms with Crippen LogP contribution in [0.1, 0.15) is 6.92 Å². The van der Waals surface area contributed by atoms with E-state index in [0.717, 1.165) is 25.3 Å². The molecule has 1 aliphatic heterocycles. The molecule has 1 saturated heterocycles. The Kier molecular flexibility index (Phi) is 4.59. The Hall–Kier alpha value is -0.920. The van der Waals surface area contributed by atoms with Crippen LogP contribution in [0.4, 0.5) is 5.69 Å². The number of hydrogen-bond donors (Lipinski definition) is 1. The summed E-state index contributed by atoms with van der Waals surface area (Å²) in [7, 11) is 2.09. The third kappa shape index (κ3) is 2.82. The number of nitrogens with zero attached hydrogens (tertiary/aromatic N) is 4. The van der Waals surface area contributed by atoms with Crippen molar-refractivity contribution in [3.05, 3.63) is 21.0 Å². The number of nitrogens with two attached hydrogens (primary N) is 1. The quantitative estimate of drug-likeness (QED) is 0.852. The molecule has 0 bridgehead atoms. The summed E-state index contributed by atoms with van der Waals surface area (Å²) in [5.74, 6) is 0. The van der Waals surface area contributed by atoms with E-state index in [-0.39, 0.29) is 11.6 Å². The van der Waals surface area contributed by atoms with E-state index in [4.69, 9.17) is 5.73 Å². The molecule has 1 aromatic rings. The van der Waals surface area contributed by atoms with E-state index in [1.807, 2.05) is 6.92 Å². The van der Waals surface area contributed by atoms with Crippen molar-refractivity contribution in [1.82, 2.24) is 14.7 Å². The van der Waals surface area contributed by atoms with Gasteiger partial charge in [-0.05, 0) is 29.9 Å². The Morgan fingerprint density at radius 3 is 2.89 bits per heavy atom. The fourth-order valence-corrected chi connectivity index (χ4v) is 2.95. The molecule has 1 unspecified atom stereocenters. The van der Waals surface area contributed by atoms with E-state index in [9.17, 15) is 4.79 Å². The maximum absolute atomic E-state index is 12.1. The van der Waals surface area contributed by atoms with Gasteiger partial charge in [0, 0.05) is 32.7 Å². The standard InChI is InChI=1S/C12H20BrN5O/c1-3-18-12(19)11(13)10(7-15-18)17-5-4-16(2)8-9(17)6-14/h7,9H,3-6,8,14H2,1-2H3. The number of anilines is 1. The lowest BCUT2D eigenvalue weighted by molar-refractivity contribution is 0.269. The number of halogens is 1. The molecule has 2 rings (SSSR count). The lowest BCUT2D eigenvalue weighted by Gasteiger charge is -2.41. The van der Waals surface area contributed by atoms with Crippen molar-refractivity contribution in [3.63, 3.8) is 0 Å². The molecule has 7 heteroatoms. The van der Waals surface area contributed by atoms with Crippen LogP contribution < -0.4 is 16.2 Å². The molecule has 6 nitrogen and oxygen atoms in total. The minimum atomic E-state index is -0.0882. The Balaban J connectivity index is 2.36. The minimum Gasteiger partial charge on any atom is -0.362 e. The second-order valence-electron chi connectivity index (χ2n) is 4.81. The molecule has 0 radical (unpaired) electrons. The highest BCUT2D eigenvalue weighted by Gasteiger charge is 2.26. The largest absolute Gasteiger partial charge is 0.362 e. The molecule has 19 heavy (non-hydrogen) atoms. The average molecular weight is 330 g/mol. The van der Waals surface area contributed by atoms with Gasteiger partial charge in [0.15, 0.2) is 0 Å². The third-order valence-electron chi connectivity index (χ3n) is 3.53. The van der Waals surface area contributed by atoms with E-state index in [1.54, 1.807) is 6.20 Å². The molecule has 0 saturated carbocycles. The highest BCUT2D eigenvalue weighted by Crippen LogP contribution is 2.25. The number of aryl methyl sites for hydroxylation is 1. The van der Waals surface area contributed by atoms with Crippen molar-refractivity contribution in [2.24, 2.45) is 5.73 Å². The SMILES string of the molecule is CCn1ncc(N2CCN(C)CC2CN)c(Br)c1=O. The fraction of sp³-hybridized carbons (Fsp3) is 0.667. The molecular weight excluding hydrogens is 310 g/mol. The molecule has 0 spiro atoms. The molecular formula is C12H20BrN5O. The maximum atomic E-state index is 12.1. The molecule has 1 aliphatic rings. The molecule has 2 N–H and O–H groups in total. The van der Waals surface area contributed by atoms with E-state index in [0.29, 0.717) is 17.6 Å². The van der Waals surface area contributed by atoms with E-state index in [2.05, 4.69) is 37.9 Å². The predicted octanol–water partition coefficient (Wildman–Crippen LogP) is 0.105. The number of hydrogen-bond acceptors (Lipinski definition) is 5. The summed E-state index contributed by atoms with van der Waals surface area (Å²) in [5.41, 5.74) is 6.61. The van der Waals surface area contributed by atoms with Crippen LogP contribution in [0.2, 0.25) is 0 Å². The van der Waals surface area contributed by atoms with Crippen molar-refractivity contribution in [2.75, 3.05) is 38.1 Å². The lowest BCUT2D eigenvalue weighted by Crippen LogP contribution is -2.55. The van der Waals surface area contributed by atoms with Crippen LogP contribution in [0.3, 0.4) is 0 Å². The second-order valence-corrected chi connectivity index (χ2v) is 5.60. The van der Waals surface area contributed by atoms with Crippen LogP contribution in [0.5, 0.6) is 0 Å². The first kappa shape index (κ1) is 14.5. The minimum absolute atomic E-state index is 0.0882. The molecule has 106 valence electrons. The van der Waals surface area contributed by atoms with Crippen LogP contribution >= 0.6 is 15.9 Å². The van der Waals surface area contributed by atoms with Gasteiger partial charge in [-0.3, -0.25) is 4.79 Å². The highest BCUT2D eigenvalue weighted by molar-refractivity contribution is 9.10. The van der Waals surface area contributed by atoms with Crippen LogP contribution in [-0.4, -0.2) is 53.9 Å². The summed E-state index contributed by atoms with van der Waals surface area (Å²) < 4.78 is 2.02. The van der Waals surface area contributed by atoms with Gasteiger partial charge in [0.25, 0.3) is 5.56 Å². The highest BCUT2D eigenvalue weighted by atomic mass is 79.9. The molecule has 1 atom stereocenters. The van der Waals surface area contributed by atoms with Crippen LogP contribution in [0.15, 0.2) is 15.5 Å². The lowest BCUT2D eigenvalue weighted by atomic mass is 10.1. The first-order valence-corrected chi connectivity index (χ1v) is 7.28. The van der Waals surface area contributed by atoms with Crippen molar-refractivity contribution in [1.29, 1.82) is 0 Å². The normalized spacial score (nSPS) is 20.8. The topological polar surface area (TPSA) is 67.4 Å². The average Bonchev–Trinajstić information content (AvgIpc) is 2.42. The zero-order valence-corrected chi connectivity index (χ0v) is 12.9. The van der Waals surface area contributed by atoms with Gasteiger partial charge < -0.3 is 15.5 Å². The van der Waals surface area contributed by atoms with Crippen molar-refractivity contribution in [2.45, 2.75) is 19.5 Å². The van der Waals surface area contributed by atoms with Crippen LogP contribution in [0.25, 0.3) is 0 Å². The van der Waals surface area contributed by atoms with Gasteiger partial charge in [0.1, 0.15) is 4.47 Å². The molecule has 0 aliphatic carbocycles. The predicted molar refractivity (Wildman–Crippen MR) is 79.6 cm³/mol. The Labute approximate surface area is 121 Å². The fourth-order valence-electron chi connectivity index (χ4n) is 2.41.